The van der Waals surface area contributed by atoms with Gasteiger partial charge in [-0.15, -0.1) is 0 Å². The van der Waals surface area contributed by atoms with Crippen molar-refractivity contribution in [1.82, 2.24) is 0 Å². The zero-order chi connectivity index (χ0) is 8.91. The molecule has 0 saturated carbocycles. The van der Waals surface area contributed by atoms with Gasteiger partial charge in [0.25, 0.3) is 0 Å². The van der Waals surface area contributed by atoms with E-state index < -0.39 is 0 Å². The minimum atomic E-state index is 0.739. The summed E-state index contributed by atoms with van der Waals surface area (Å²) in [5.41, 5.74) is 5.45. The van der Waals surface area contributed by atoms with Gasteiger partial charge in [0.15, 0.2) is 0 Å². The van der Waals surface area contributed by atoms with Crippen LogP contribution in [0, 0.1) is 0 Å². The second kappa shape index (κ2) is 4.73. The van der Waals surface area contributed by atoms with Crippen molar-refractivity contribution in [3.63, 3.8) is 0 Å². The van der Waals surface area contributed by atoms with Crippen LogP contribution in [0.25, 0.3) is 0 Å². The molecule has 0 radical (unpaired) electrons. The minimum Gasteiger partial charge on any atom is -0.330 e. The summed E-state index contributed by atoms with van der Waals surface area (Å²) < 4.78 is 1.11. The minimum absolute atomic E-state index is 0.739. The summed E-state index contributed by atoms with van der Waals surface area (Å²) in [6.45, 7) is 6.57. The summed E-state index contributed by atoms with van der Waals surface area (Å²) >= 11 is 0. The van der Waals surface area contributed by atoms with Crippen LogP contribution in [0.5, 0.6) is 0 Å². The summed E-state index contributed by atoms with van der Waals surface area (Å²) in [6.07, 6.45) is 2.40. The topological polar surface area (TPSA) is 26.0 Å². The number of nitrogens with zero attached hydrogens (tertiary/aromatic N) is 1. The van der Waals surface area contributed by atoms with Gasteiger partial charge >= 0.3 is 0 Å². The molecular formula is C9H23N2+. The molecule has 0 fully saturated rings. The number of hydrogen-bond donors (Lipinski definition) is 1. The highest BCUT2D eigenvalue weighted by molar-refractivity contribution is 4.51. The average molecular weight is 159 g/mol. The molecule has 0 aliphatic carbocycles. The lowest BCUT2D eigenvalue weighted by Crippen LogP contribution is -2.47. The molecule has 0 aliphatic rings. The zero-order valence-corrected chi connectivity index (χ0v) is 8.43. The van der Waals surface area contributed by atoms with E-state index in [2.05, 4.69) is 27.9 Å². The van der Waals surface area contributed by atoms with Crippen molar-refractivity contribution in [2.45, 2.75) is 32.7 Å². The Bertz CT molecular complexity index is 99.7. The number of hydrogen-bond acceptors (Lipinski definition) is 1. The fourth-order valence-electron chi connectivity index (χ4n) is 1.07. The quantitative estimate of drug-likeness (QED) is 0.600. The Hall–Kier alpha value is -0.0800. The van der Waals surface area contributed by atoms with E-state index in [1.165, 1.54) is 13.0 Å². The number of nitrogens with two attached hydrogens (primary N) is 1. The Labute approximate surface area is 71.0 Å². The van der Waals surface area contributed by atoms with E-state index in [1.54, 1.807) is 0 Å². The molecule has 0 amide bonds. The van der Waals surface area contributed by atoms with Gasteiger partial charge in [-0.2, -0.15) is 0 Å². The molecule has 2 nitrogen and oxygen atoms in total. The van der Waals surface area contributed by atoms with Crippen LogP contribution in [0.4, 0.5) is 0 Å². The van der Waals surface area contributed by atoms with Gasteiger partial charge in [0.1, 0.15) is 0 Å². The molecule has 0 saturated heterocycles. The van der Waals surface area contributed by atoms with Gasteiger partial charge in [-0.3, -0.25) is 0 Å². The van der Waals surface area contributed by atoms with Crippen LogP contribution in [0.2, 0.25) is 0 Å². The normalized spacial score (nSPS) is 15.0. The standard InChI is InChI=1S/C9H23N2/c1-5-11(3,4)9(2)7-6-8-10/h9H,5-8,10H2,1-4H3/q+1. The number of rotatable bonds is 5. The van der Waals surface area contributed by atoms with Crippen LogP contribution in [-0.4, -0.2) is 37.7 Å². The Morgan fingerprint density at radius 3 is 2.27 bits per heavy atom. The lowest BCUT2D eigenvalue weighted by atomic mass is 10.1. The highest BCUT2D eigenvalue weighted by Crippen LogP contribution is 2.10. The second-order valence-electron chi connectivity index (χ2n) is 3.87. The van der Waals surface area contributed by atoms with Gasteiger partial charge in [-0.1, -0.05) is 0 Å². The maximum absolute atomic E-state index is 5.45. The van der Waals surface area contributed by atoms with E-state index in [0.717, 1.165) is 23.5 Å². The van der Waals surface area contributed by atoms with Gasteiger partial charge in [0.2, 0.25) is 0 Å². The third-order valence-electron chi connectivity index (χ3n) is 2.83. The third-order valence-corrected chi connectivity index (χ3v) is 2.83. The fraction of sp³-hybridized carbons (Fsp3) is 1.00. The largest absolute Gasteiger partial charge is 0.330 e. The maximum atomic E-state index is 5.45. The first kappa shape index (κ1) is 10.9. The Kier molecular flexibility index (Phi) is 4.69. The average Bonchev–Trinajstić information content (AvgIpc) is 2.00. The molecule has 11 heavy (non-hydrogen) atoms. The van der Waals surface area contributed by atoms with Crippen molar-refractivity contribution in [2.24, 2.45) is 5.73 Å². The molecule has 1 atom stereocenters. The molecule has 0 aromatic carbocycles. The van der Waals surface area contributed by atoms with E-state index in [1.807, 2.05) is 0 Å². The highest BCUT2D eigenvalue weighted by Gasteiger charge is 2.20. The molecule has 0 rings (SSSR count). The zero-order valence-electron chi connectivity index (χ0n) is 8.43. The van der Waals surface area contributed by atoms with E-state index in [9.17, 15) is 0 Å². The molecule has 0 heterocycles. The van der Waals surface area contributed by atoms with Crippen LogP contribution in [-0.2, 0) is 0 Å². The molecular weight excluding hydrogens is 136 g/mol. The van der Waals surface area contributed by atoms with Crippen LogP contribution >= 0.6 is 0 Å². The van der Waals surface area contributed by atoms with Gasteiger partial charge in [0, 0.05) is 6.42 Å². The lowest BCUT2D eigenvalue weighted by molar-refractivity contribution is -0.911. The predicted molar refractivity (Wildman–Crippen MR) is 50.4 cm³/mol. The Balaban J connectivity index is 3.71. The van der Waals surface area contributed by atoms with Crippen molar-refractivity contribution in [1.29, 1.82) is 0 Å². The Morgan fingerprint density at radius 2 is 1.91 bits per heavy atom. The van der Waals surface area contributed by atoms with Crippen LogP contribution in [0.1, 0.15) is 26.7 Å². The molecule has 0 aromatic rings. The summed E-state index contributed by atoms with van der Waals surface area (Å²) in [5, 5.41) is 0. The molecule has 0 spiro atoms. The summed E-state index contributed by atoms with van der Waals surface area (Å²) in [6, 6.07) is 0.739. The van der Waals surface area contributed by atoms with E-state index in [0.29, 0.717) is 0 Å². The van der Waals surface area contributed by atoms with Crippen LogP contribution < -0.4 is 5.73 Å². The Morgan fingerprint density at radius 1 is 1.36 bits per heavy atom. The van der Waals surface area contributed by atoms with Crippen molar-refractivity contribution in [2.75, 3.05) is 27.2 Å². The van der Waals surface area contributed by atoms with Crippen molar-refractivity contribution in [3.05, 3.63) is 0 Å². The number of quaternary nitrogens is 1. The fourth-order valence-corrected chi connectivity index (χ4v) is 1.07. The smallest absolute Gasteiger partial charge is 0.0858 e. The van der Waals surface area contributed by atoms with E-state index in [4.69, 9.17) is 5.73 Å². The summed E-state index contributed by atoms with van der Waals surface area (Å²) in [4.78, 5) is 0. The summed E-state index contributed by atoms with van der Waals surface area (Å²) in [5.74, 6) is 0. The molecule has 68 valence electrons. The lowest BCUT2D eigenvalue weighted by Gasteiger charge is -2.35. The van der Waals surface area contributed by atoms with E-state index in [-0.39, 0.29) is 0 Å². The summed E-state index contributed by atoms with van der Waals surface area (Å²) in [7, 11) is 4.56. The third kappa shape index (κ3) is 3.73. The predicted octanol–water partition coefficient (Wildman–Crippen LogP) is 1.21. The monoisotopic (exact) mass is 159 g/mol. The van der Waals surface area contributed by atoms with E-state index >= 15 is 0 Å². The van der Waals surface area contributed by atoms with Crippen molar-refractivity contribution >= 4 is 0 Å². The van der Waals surface area contributed by atoms with Gasteiger partial charge in [-0.25, -0.2) is 0 Å². The first-order valence-corrected chi connectivity index (χ1v) is 4.57. The van der Waals surface area contributed by atoms with Crippen LogP contribution in [0.3, 0.4) is 0 Å². The van der Waals surface area contributed by atoms with Crippen molar-refractivity contribution < 1.29 is 4.48 Å². The first-order valence-electron chi connectivity index (χ1n) is 4.57. The highest BCUT2D eigenvalue weighted by atomic mass is 15.3. The molecule has 2 N–H and O–H groups in total. The van der Waals surface area contributed by atoms with Crippen molar-refractivity contribution in [3.8, 4) is 0 Å². The first-order chi connectivity index (χ1) is 5.04. The maximum Gasteiger partial charge on any atom is 0.0858 e. The molecule has 1 unspecified atom stereocenters. The molecule has 2 heteroatoms. The SMILES string of the molecule is CC[N+](C)(C)C(C)CCCN. The molecule has 0 bridgehead atoms. The second-order valence-corrected chi connectivity index (χ2v) is 3.87. The molecule has 0 aliphatic heterocycles. The van der Waals surface area contributed by atoms with Gasteiger partial charge in [0.05, 0.1) is 26.7 Å². The molecule has 0 aromatic heterocycles. The van der Waals surface area contributed by atoms with Gasteiger partial charge < -0.3 is 10.2 Å². The van der Waals surface area contributed by atoms with Gasteiger partial charge in [-0.05, 0) is 26.8 Å². The van der Waals surface area contributed by atoms with Crippen LogP contribution in [0.15, 0.2) is 0 Å².